The van der Waals surface area contributed by atoms with Crippen LogP contribution in [0.1, 0.15) is 41.3 Å². The van der Waals surface area contributed by atoms with Crippen molar-refractivity contribution in [2.45, 2.75) is 26.7 Å². The first-order chi connectivity index (χ1) is 11.6. The lowest BCUT2D eigenvalue weighted by Crippen LogP contribution is -2.49. The molecule has 0 N–H and O–H groups in total. The number of amides is 1. The molecule has 3 nitrogen and oxygen atoms in total. The monoisotopic (exact) mass is 322 g/mol. The highest BCUT2D eigenvalue weighted by Crippen LogP contribution is 2.28. The van der Waals surface area contributed by atoms with Gasteiger partial charge in [-0.25, -0.2) is 0 Å². The molecular formula is C21H26N2O. The van der Waals surface area contributed by atoms with Crippen molar-refractivity contribution in [3.63, 3.8) is 0 Å². The van der Waals surface area contributed by atoms with Crippen LogP contribution >= 0.6 is 0 Å². The molecule has 0 aromatic heterocycles. The number of para-hydroxylation sites is 1. The highest BCUT2D eigenvalue weighted by Gasteiger charge is 2.23. The summed E-state index contributed by atoms with van der Waals surface area (Å²) < 4.78 is 0. The van der Waals surface area contributed by atoms with Crippen molar-refractivity contribution in [2.24, 2.45) is 0 Å². The number of carbonyl (C=O) groups excluding carboxylic acids is 1. The van der Waals surface area contributed by atoms with Gasteiger partial charge in [0.1, 0.15) is 0 Å². The Hall–Kier alpha value is -2.29. The van der Waals surface area contributed by atoms with E-state index in [0.717, 1.165) is 31.7 Å². The second kappa shape index (κ2) is 7.08. The third-order valence-electron chi connectivity index (χ3n) is 4.76. The Morgan fingerprint density at radius 1 is 0.917 bits per heavy atom. The van der Waals surface area contributed by atoms with Crippen molar-refractivity contribution in [3.05, 3.63) is 65.2 Å². The first-order valence-electron chi connectivity index (χ1n) is 8.76. The minimum atomic E-state index is 0.145. The predicted molar refractivity (Wildman–Crippen MR) is 99.8 cm³/mol. The highest BCUT2D eigenvalue weighted by molar-refractivity contribution is 5.94. The molecule has 0 unspecified atom stereocenters. The van der Waals surface area contributed by atoms with E-state index in [1.807, 2.05) is 36.1 Å². The molecule has 0 radical (unpaired) electrons. The van der Waals surface area contributed by atoms with Crippen molar-refractivity contribution in [3.8, 4) is 0 Å². The van der Waals surface area contributed by atoms with Gasteiger partial charge in [-0.3, -0.25) is 4.79 Å². The van der Waals surface area contributed by atoms with Crippen molar-refractivity contribution < 1.29 is 4.79 Å². The Bertz CT molecular complexity index is 698. The molecule has 0 spiro atoms. The molecule has 2 aromatic carbocycles. The third-order valence-corrected chi connectivity index (χ3v) is 4.76. The van der Waals surface area contributed by atoms with Gasteiger partial charge in [0, 0.05) is 37.4 Å². The summed E-state index contributed by atoms with van der Waals surface area (Å²) in [7, 11) is 0. The molecule has 0 saturated carbocycles. The number of rotatable bonds is 3. The maximum Gasteiger partial charge on any atom is 0.253 e. The average Bonchev–Trinajstić information content (AvgIpc) is 2.62. The molecule has 1 aliphatic heterocycles. The van der Waals surface area contributed by atoms with E-state index in [0.29, 0.717) is 5.92 Å². The van der Waals surface area contributed by atoms with Crippen LogP contribution in [0.5, 0.6) is 0 Å². The number of piperazine rings is 1. The first-order valence-corrected chi connectivity index (χ1v) is 8.76. The third kappa shape index (κ3) is 3.45. The summed E-state index contributed by atoms with van der Waals surface area (Å²) in [6.07, 6.45) is 0. The van der Waals surface area contributed by atoms with E-state index in [-0.39, 0.29) is 5.91 Å². The SMILES string of the molecule is Cc1ccc(C(=O)N2CCN(c3ccccc3C(C)C)CC2)cc1. The van der Waals surface area contributed by atoms with E-state index in [2.05, 4.69) is 43.0 Å². The van der Waals surface area contributed by atoms with Gasteiger partial charge in [0.15, 0.2) is 0 Å². The number of aryl methyl sites for hydroxylation is 1. The summed E-state index contributed by atoms with van der Waals surface area (Å²) in [6.45, 7) is 9.84. The maximum absolute atomic E-state index is 12.6. The van der Waals surface area contributed by atoms with Gasteiger partial charge in [0.25, 0.3) is 5.91 Å². The van der Waals surface area contributed by atoms with Gasteiger partial charge in [-0.15, -0.1) is 0 Å². The molecule has 24 heavy (non-hydrogen) atoms. The summed E-state index contributed by atoms with van der Waals surface area (Å²) in [5.74, 6) is 0.653. The van der Waals surface area contributed by atoms with Crippen LogP contribution in [0.15, 0.2) is 48.5 Å². The molecule has 2 aromatic rings. The van der Waals surface area contributed by atoms with E-state index in [4.69, 9.17) is 0 Å². The van der Waals surface area contributed by atoms with Crippen LogP contribution in [0, 0.1) is 6.92 Å². The number of hydrogen-bond acceptors (Lipinski definition) is 2. The Morgan fingerprint density at radius 2 is 1.54 bits per heavy atom. The summed E-state index contributed by atoms with van der Waals surface area (Å²) in [5.41, 5.74) is 4.67. The summed E-state index contributed by atoms with van der Waals surface area (Å²) >= 11 is 0. The average molecular weight is 322 g/mol. The lowest BCUT2D eigenvalue weighted by molar-refractivity contribution is 0.0746. The van der Waals surface area contributed by atoms with Crippen LogP contribution in [-0.2, 0) is 0 Å². The molecule has 0 aliphatic carbocycles. The van der Waals surface area contributed by atoms with Gasteiger partial charge in [-0.2, -0.15) is 0 Å². The molecule has 1 aliphatic rings. The summed E-state index contributed by atoms with van der Waals surface area (Å²) in [5, 5.41) is 0. The minimum absolute atomic E-state index is 0.145. The van der Waals surface area contributed by atoms with E-state index in [1.54, 1.807) is 0 Å². The minimum Gasteiger partial charge on any atom is -0.368 e. The molecule has 1 saturated heterocycles. The quantitative estimate of drug-likeness (QED) is 0.850. The number of benzene rings is 2. The summed E-state index contributed by atoms with van der Waals surface area (Å²) in [4.78, 5) is 17.0. The van der Waals surface area contributed by atoms with E-state index < -0.39 is 0 Å². The van der Waals surface area contributed by atoms with Crippen LogP contribution in [0.4, 0.5) is 5.69 Å². The Morgan fingerprint density at radius 3 is 2.17 bits per heavy atom. The van der Waals surface area contributed by atoms with Crippen molar-refractivity contribution >= 4 is 11.6 Å². The largest absolute Gasteiger partial charge is 0.368 e. The van der Waals surface area contributed by atoms with E-state index >= 15 is 0 Å². The normalized spacial score (nSPS) is 15.0. The van der Waals surface area contributed by atoms with Gasteiger partial charge in [0.05, 0.1) is 0 Å². The lowest BCUT2D eigenvalue weighted by atomic mass is 10.00. The lowest BCUT2D eigenvalue weighted by Gasteiger charge is -2.37. The smallest absolute Gasteiger partial charge is 0.253 e. The Kier molecular flexibility index (Phi) is 4.89. The number of anilines is 1. The molecule has 0 bridgehead atoms. The second-order valence-corrected chi connectivity index (χ2v) is 6.86. The van der Waals surface area contributed by atoms with Gasteiger partial charge >= 0.3 is 0 Å². The molecule has 1 fully saturated rings. The summed E-state index contributed by atoms with van der Waals surface area (Å²) in [6, 6.07) is 16.5. The maximum atomic E-state index is 12.6. The molecule has 1 heterocycles. The Balaban J connectivity index is 1.68. The Labute approximate surface area is 144 Å². The fourth-order valence-electron chi connectivity index (χ4n) is 3.29. The second-order valence-electron chi connectivity index (χ2n) is 6.86. The van der Waals surface area contributed by atoms with Gasteiger partial charge in [0.2, 0.25) is 0 Å². The van der Waals surface area contributed by atoms with Crippen molar-refractivity contribution in [1.29, 1.82) is 0 Å². The fourth-order valence-corrected chi connectivity index (χ4v) is 3.29. The zero-order valence-corrected chi connectivity index (χ0v) is 14.8. The van der Waals surface area contributed by atoms with Crippen LogP contribution in [0.3, 0.4) is 0 Å². The molecule has 0 atom stereocenters. The van der Waals surface area contributed by atoms with Crippen molar-refractivity contribution in [1.82, 2.24) is 4.90 Å². The van der Waals surface area contributed by atoms with Crippen molar-refractivity contribution in [2.75, 3.05) is 31.1 Å². The van der Waals surface area contributed by atoms with Gasteiger partial charge < -0.3 is 9.80 Å². The van der Waals surface area contributed by atoms with Crippen LogP contribution in [0.2, 0.25) is 0 Å². The van der Waals surface area contributed by atoms with Gasteiger partial charge in [-0.1, -0.05) is 49.7 Å². The zero-order chi connectivity index (χ0) is 17.1. The molecular weight excluding hydrogens is 296 g/mol. The predicted octanol–water partition coefficient (Wildman–Crippen LogP) is 4.08. The molecule has 126 valence electrons. The standard InChI is InChI=1S/C21H26N2O/c1-16(2)19-6-4-5-7-20(19)22-12-14-23(15-13-22)21(24)18-10-8-17(3)9-11-18/h4-11,16H,12-15H2,1-3H3. The van der Waals surface area contributed by atoms with Crippen LogP contribution < -0.4 is 4.90 Å². The molecule has 1 amide bonds. The van der Waals surface area contributed by atoms with Crippen LogP contribution in [0.25, 0.3) is 0 Å². The fraction of sp³-hybridized carbons (Fsp3) is 0.381. The number of hydrogen-bond donors (Lipinski definition) is 0. The number of nitrogens with zero attached hydrogens (tertiary/aromatic N) is 2. The van der Waals surface area contributed by atoms with Gasteiger partial charge in [-0.05, 0) is 36.6 Å². The topological polar surface area (TPSA) is 23.6 Å². The highest BCUT2D eigenvalue weighted by atomic mass is 16.2. The molecule has 3 rings (SSSR count). The zero-order valence-electron chi connectivity index (χ0n) is 14.8. The van der Waals surface area contributed by atoms with E-state index in [1.165, 1.54) is 16.8 Å². The molecule has 3 heteroatoms. The number of carbonyl (C=O) groups is 1. The van der Waals surface area contributed by atoms with Crippen LogP contribution in [-0.4, -0.2) is 37.0 Å². The first kappa shape index (κ1) is 16.6. The van der Waals surface area contributed by atoms with E-state index in [9.17, 15) is 4.79 Å².